The number of oxazole rings is 1. The molecule has 0 fully saturated rings. The molecule has 9 aromatic rings. The van der Waals surface area contributed by atoms with Crippen molar-refractivity contribution < 1.29 is 8.83 Å². The number of aromatic nitrogens is 3. The molecule has 0 unspecified atom stereocenters. The molecule has 49 heavy (non-hydrogen) atoms. The number of furan rings is 1. The summed E-state index contributed by atoms with van der Waals surface area (Å²) in [5.74, 6) is 1.99. The molecule has 3 heterocycles. The van der Waals surface area contributed by atoms with E-state index < -0.39 is 0 Å². The summed E-state index contributed by atoms with van der Waals surface area (Å²) in [5.41, 5.74) is 12.7. The maximum absolute atomic E-state index is 6.93. The fourth-order valence-electron chi connectivity index (χ4n) is 7.21. The van der Waals surface area contributed by atoms with Gasteiger partial charge < -0.3 is 8.83 Å². The van der Waals surface area contributed by atoms with Gasteiger partial charge in [-0.2, -0.15) is 0 Å². The van der Waals surface area contributed by atoms with Gasteiger partial charge in [0.1, 0.15) is 22.5 Å². The van der Waals surface area contributed by atoms with Gasteiger partial charge in [-0.05, 0) is 76.6 Å². The first-order valence-corrected chi connectivity index (χ1v) is 17.0. The molecule has 0 N–H and O–H groups in total. The molecule has 6 aromatic carbocycles. The minimum absolute atomic E-state index is 0.301. The van der Waals surface area contributed by atoms with Crippen LogP contribution in [0.5, 0.6) is 0 Å². The summed E-state index contributed by atoms with van der Waals surface area (Å²) in [4.78, 5) is 10.5. The highest BCUT2D eigenvalue weighted by atomic mass is 16.4. The van der Waals surface area contributed by atoms with Gasteiger partial charge in [0.25, 0.3) is 0 Å². The largest absolute Gasteiger partial charge is 0.455 e. The normalized spacial score (nSPS) is 12.0. The van der Waals surface area contributed by atoms with E-state index in [1.807, 2.05) is 36.4 Å². The van der Waals surface area contributed by atoms with Crippen LogP contribution in [-0.2, 0) is 0 Å². The zero-order chi connectivity index (χ0) is 33.2. The molecule has 0 atom stereocenters. The molecule has 0 spiro atoms. The van der Waals surface area contributed by atoms with Crippen LogP contribution < -0.4 is 0 Å². The molecule has 3 aromatic heterocycles. The van der Waals surface area contributed by atoms with Crippen LogP contribution >= 0.6 is 0 Å². The second-order valence-corrected chi connectivity index (χ2v) is 13.4. The number of para-hydroxylation sites is 3. The zero-order valence-electron chi connectivity index (χ0n) is 27.9. The lowest BCUT2D eigenvalue weighted by Crippen LogP contribution is -2.08. The van der Waals surface area contributed by atoms with Crippen LogP contribution in [0.1, 0.15) is 50.7 Å². The Morgan fingerprint density at radius 1 is 0.571 bits per heavy atom. The van der Waals surface area contributed by atoms with Crippen LogP contribution in [0.2, 0.25) is 0 Å². The summed E-state index contributed by atoms with van der Waals surface area (Å²) in [6, 6.07) is 44.0. The topological polar surface area (TPSA) is 57.0 Å². The van der Waals surface area contributed by atoms with Gasteiger partial charge in [0.2, 0.25) is 5.89 Å². The van der Waals surface area contributed by atoms with Gasteiger partial charge in [-0.1, -0.05) is 113 Å². The van der Waals surface area contributed by atoms with Crippen molar-refractivity contribution in [1.82, 2.24) is 14.5 Å². The van der Waals surface area contributed by atoms with Gasteiger partial charge in [0.15, 0.2) is 5.58 Å². The molecule has 0 bridgehead atoms. The molecule has 5 nitrogen and oxygen atoms in total. The first-order valence-electron chi connectivity index (χ1n) is 17.0. The van der Waals surface area contributed by atoms with Crippen LogP contribution in [0.15, 0.2) is 136 Å². The van der Waals surface area contributed by atoms with E-state index in [4.69, 9.17) is 18.8 Å². The van der Waals surface area contributed by atoms with E-state index in [1.165, 1.54) is 16.8 Å². The fourth-order valence-corrected chi connectivity index (χ4v) is 7.21. The third-order valence-corrected chi connectivity index (χ3v) is 9.60. The summed E-state index contributed by atoms with van der Waals surface area (Å²) in [5, 5.41) is 1.91. The zero-order valence-corrected chi connectivity index (χ0v) is 27.9. The molecular weight excluding hydrogens is 603 g/mol. The van der Waals surface area contributed by atoms with Crippen molar-refractivity contribution in [2.24, 2.45) is 0 Å². The van der Waals surface area contributed by atoms with Gasteiger partial charge in [0.05, 0.1) is 27.7 Å². The highest BCUT2D eigenvalue weighted by Crippen LogP contribution is 2.45. The Morgan fingerprint density at radius 3 is 1.96 bits per heavy atom. The number of hydrogen-bond donors (Lipinski definition) is 0. The van der Waals surface area contributed by atoms with E-state index >= 15 is 0 Å². The van der Waals surface area contributed by atoms with Gasteiger partial charge >= 0.3 is 0 Å². The molecular formula is C44H35N3O2. The van der Waals surface area contributed by atoms with E-state index in [2.05, 4.69) is 123 Å². The first-order chi connectivity index (χ1) is 24.0. The van der Waals surface area contributed by atoms with Crippen LogP contribution in [0.4, 0.5) is 0 Å². The van der Waals surface area contributed by atoms with Crippen molar-refractivity contribution in [2.45, 2.75) is 39.5 Å². The lowest BCUT2D eigenvalue weighted by atomic mass is 9.92. The van der Waals surface area contributed by atoms with Crippen molar-refractivity contribution in [1.29, 1.82) is 0 Å². The summed E-state index contributed by atoms with van der Waals surface area (Å²) in [7, 11) is 0. The lowest BCUT2D eigenvalue weighted by Gasteiger charge is -2.22. The molecule has 9 rings (SSSR count). The predicted octanol–water partition coefficient (Wildman–Crippen LogP) is 12.3. The van der Waals surface area contributed by atoms with Gasteiger partial charge in [-0.25, -0.2) is 9.97 Å². The van der Waals surface area contributed by atoms with Crippen LogP contribution in [0.25, 0.3) is 83.7 Å². The van der Waals surface area contributed by atoms with Crippen LogP contribution in [0, 0.1) is 0 Å². The van der Waals surface area contributed by atoms with E-state index in [0.717, 1.165) is 66.6 Å². The highest BCUT2D eigenvalue weighted by molar-refractivity contribution is 6.21. The Morgan fingerprint density at radius 2 is 1.24 bits per heavy atom. The Bertz CT molecular complexity index is 2630. The number of benzene rings is 6. The molecule has 0 aliphatic rings. The van der Waals surface area contributed by atoms with Crippen molar-refractivity contribution in [3.8, 4) is 39.7 Å². The quantitative estimate of drug-likeness (QED) is 0.182. The van der Waals surface area contributed by atoms with E-state index in [1.54, 1.807) is 0 Å². The van der Waals surface area contributed by atoms with Crippen molar-refractivity contribution >= 4 is 44.1 Å². The minimum Gasteiger partial charge on any atom is -0.455 e. The lowest BCUT2D eigenvalue weighted by molar-refractivity contribution is 0.619. The number of hydrogen-bond acceptors (Lipinski definition) is 4. The fraction of sp³-hybridized carbons (Fsp3) is 0.136. The Kier molecular flexibility index (Phi) is 6.76. The van der Waals surface area contributed by atoms with Gasteiger partial charge in [0, 0.05) is 10.9 Å². The standard InChI is InChI=1S/C44H35N3O2/c1-26(2)31-18-13-19-32(27(3)4)41(31)47-36-21-12-11-20-35(36)45-43(47)34-25-38-40(46-44(49-38)29-16-9-6-10-17-29)39-33-23-22-30(24-37(33)48-42(34)39)28-14-7-5-8-15-28/h5-27H,1-4H3. The Balaban J connectivity index is 1.41. The second-order valence-electron chi connectivity index (χ2n) is 13.4. The molecule has 0 amide bonds. The molecule has 5 heteroatoms. The Labute approximate surface area is 284 Å². The van der Waals surface area contributed by atoms with Crippen LogP contribution in [-0.4, -0.2) is 14.5 Å². The average Bonchev–Trinajstić information content (AvgIpc) is 3.84. The van der Waals surface area contributed by atoms with E-state index in [0.29, 0.717) is 23.3 Å². The average molecular weight is 638 g/mol. The van der Waals surface area contributed by atoms with E-state index in [9.17, 15) is 0 Å². The van der Waals surface area contributed by atoms with Crippen molar-refractivity contribution in [3.05, 3.63) is 139 Å². The maximum atomic E-state index is 6.93. The summed E-state index contributed by atoms with van der Waals surface area (Å²) in [6.07, 6.45) is 0. The molecule has 0 radical (unpaired) electrons. The number of nitrogens with zero attached hydrogens (tertiary/aromatic N) is 3. The number of rotatable bonds is 6. The molecule has 0 aliphatic heterocycles. The predicted molar refractivity (Wildman–Crippen MR) is 200 cm³/mol. The molecule has 238 valence electrons. The third kappa shape index (κ3) is 4.68. The smallest absolute Gasteiger partial charge is 0.227 e. The maximum Gasteiger partial charge on any atom is 0.227 e. The summed E-state index contributed by atoms with van der Waals surface area (Å²) in [6.45, 7) is 9.04. The molecule has 0 aliphatic carbocycles. The first kappa shape index (κ1) is 29.2. The second kappa shape index (κ2) is 11.3. The van der Waals surface area contributed by atoms with Gasteiger partial charge in [-0.15, -0.1) is 0 Å². The summed E-state index contributed by atoms with van der Waals surface area (Å²) < 4.78 is 15.9. The Hall–Kier alpha value is -5.94. The third-order valence-electron chi connectivity index (χ3n) is 9.60. The van der Waals surface area contributed by atoms with Crippen molar-refractivity contribution in [2.75, 3.05) is 0 Å². The monoisotopic (exact) mass is 637 g/mol. The van der Waals surface area contributed by atoms with E-state index in [-0.39, 0.29) is 0 Å². The SMILES string of the molecule is CC(C)c1cccc(C(C)C)c1-n1c(-c2cc3oc(-c4ccccc4)nc3c3c2oc2cc(-c4ccccc4)ccc23)nc2ccccc21. The molecule has 0 saturated carbocycles. The van der Waals surface area contributed by atoms with Crippen LogP contribution in [0.3, 0.4) is 0 Å². The minimum atomic E-state index is 0.301. The number of fused-ring (bicyclic) bond motifs is 6. The van der Waals surface area contributed by atoms with Crippen molar-refractivity contribution in [3.63, 3.8) is 0 Å². The summed E-state index contributed by atoms with van der Waals surface area (Å²) >= 11 is 0. The highest BCUT2D eigenvalue weighted by Gasteiger charge is 2.27. The number of imidazole rings is 1. The molecule has 0 saturated heterocycles. The van der Waals surface area contributed by atoms with Gasteiger partial charge in [-0.3, -0.25) is 4.57 Å².